The van der Waals surface area contributed by atoms with Gasteiger partial charge in [0, 0.05) is 24.4 Å². The molecule has 0 aliphatic heterocycles. The van der Waals surface area contributed by atoms with Crippen LogP contribution in [0.4, 0.5) is 0 Å². The van der Waals surface area contributed by atoms with Gasteiger partial charge in [0.1, 0.15) is 11.6 Å². The molecule has 0 aliphatic rings. The summed E-state index contributed by atoms with van der Waals surface area (Å²) in [4.78, 5) is 16.8. The van der Waals surface area contributed by atoms with Crippen molar-refractivity contribution in [3.8, 4) is 6.07 Å². The molecule has 0 radical (unpaired) electrons. The van der Waals surface area contributed by atoms with Crippen molar-refractivity contribution in [1.29, 1.82) is 5.26 Å². The maximum absolute atomic E-state index is 12.3. The van der Waals surface area contributed by atoms with Gasteiger partial charge in [0.25, 0.3) is 0 Å². The molecule has 2 heterocycles. The maximum Gasteiger partial charge on any atom is 0.220 e. The normalized spacial score (nSPS) is 11.4. The minimum absolute atomic E-state index is 0.0840. The number of amides is 1. The van der Waals surface area contributed by atoms with E-state index < -0.39 is 10.0 Å². The van der Waals surface area contributed by atoms with Crippen molar-refractivity contribution in [2.45, 2.75) is 39.0 Å². The number of carbonyl (C=O) groups is 1. The van der Waals surface area contributed by atoms with Crippen molar-refractivity contribution < 1.29 is 13.2 Å². The largest absolute Gasteiger partial charge is 0.352 e. The van der Waals surface area contributed by atoms with Crippen LogP contribution in [0.3, 0.4) is 0 Å². The average molecular weight is 441 g/mol. The van der Waals surface area contributed by atoms with Crippen LogP contribution < -0.4 is 10.0 Å². The Morgan fingerprint density at radius 1 is 1.19 bits per heavy atom. The van der Waals surface area contributed by atoms with Gasteiger partial charge in [-0.15, -0.1) is 0 Å². The molecule has 3 rings (SSSR count). The zero-order chi connectivity index (χ0) is 22.6. The van der Waals surface area contributed by atoms with Gasteiger partial charge in [-0.25, -0.2) is 22.6 Å². The summed E-state index contributed by atoms with van der Waals surface area (Å²) in [5.74, 6) is -0.182. The lowest BCUT2D eigenvalue weighted by atomic mass is 10.1. The first-order valence-corrected chi connectivity index (χ1v) is 11.4. The van der Waals surface area contributed by atoms with Crippen LogP contribution in [-0.4, -0.2) is 36.0 Å². The van der Waals surface area contributed by atoms with E-state index in [9.17, 15) is 13.2 Å². The first-order valence-electron chi connectivity index (χ1n) is 9.73. The predicted molar refractivity (Wildman–Crippen MR) is 115 cm³/mol. The first kappa shape index (κ1) is 22.4. The van der Waals surface area contributed by atoms with E-state index >= 15 is 0 Å². The topological polar surface area (TPSA) is 129 Å². The van der Waals surface area contributed by atoms with Crippen LogP contribution >= 0.6 is 0 Å². The Morgan fingerprint density at radius 2 is 1.87 bits per heavy atom. The Morgan fingerprint density at radius 3 is 2.52 bits per heavy atom. The monoisotopic (exact) mass is 440 g/mol. The average Bonchev–Trinajstić information content (AvgIpc) is 3.15. The molecule has 162 valence electrons. The van der Waals surface area contributed by atoms with E-state index in [0.29, 0.717) is 36.2 Å². The lowest BCUT2D eigenvalue weighted by Gasteiger charge is -2.11. The van der Waals surface area contributed by atoms with Crippen LogP contribution in [-0.2, 0) is 33.5 Å². The number of nitriles is 1. The number of sulfonamides is 1. The summed E-state index contributed by atoms with van der Waals surface area (Å²) in [5.41, 5.74) is 5.09. The highest BCUT2D eigenvalue weighted by atomic mass is 32.2. The lowest BCUT2D eigenvalue weighted by molar-refractivity contribution is -0.121. The van der Waals surface area contributed by atoms with E-state index in [0.717, 1.165) is 22.5 Å². The fourth-order valence-corrected chi connectivity index (χ4v) is 4.10. The standard InChI is InChI=1S/C21H24N6O3S/c1-14-19(15(2)27-21(26-14)18(10-22)12-25-27)8-9-20(28)24-11-16-4-6-17(7-5-16)13-31(29,30)23-3/h4-7,12,23H,8-9,11,13H2,1-3H3,(H,24,28). The van der Waals surface area contributed by atoms with Crippen molar-refractivity contribution in [2.75, 3.05) is 7.05 Å². The van der Waals surface area contributed by atoms with Gasteiger partial charge in [-0.2, -0.15) is 10.4 Å². The van der Waals surface area contributed by atoms with Gasteiger partial charge in [0.15, 0.2) is 5.65 Å². The third-order valence-electron chi connectivity index (χ3n) is 5.11. The molecule has 0 aliphatic carbocycles. The van der Waals surface area contributed by atoms with Crippen molar-refractivity contribution in [2.24, 2.45) is 0 Å². The van der Waals surface area contributed by atoms with Crippen molar-refractivity contribution >= 4 is 21.6 Å². The summed E-state index contributed by atoms with van der Waals surface area (Å²) >= 11 is 0. The van der Waals surface area contributed by atoms with Crippen LogP contribution in [0.5, 0.6) is 0 Å². The molecule has 0 bridgehead atoms. The number of rotatable bonds is 8. The Balaban J connectivity index is 1.58. The fourth-order valence-electron chi connectivity index (χ4n) is 3.32. The van der Waals surface area contributed by atoms with Gasteiger partial charge >= 0.3 is 0 Å². The molecule has 10 heteroatoms. The zero-order valence-corrected chi connectivity index (χ0v) is 18.5. The van der Waals surface area contributed by atoms with E-state index in [-0.39, 0.29) is 11.7 Å². The predicted octanol–water partition coefficient (Wildman–Crippen LogP) is 1.52. The highest BCUT2D eigenvalue weighted by Crippen LogP contribution is 2.18. The number of nitrogens with zero attached hydrogens (tertiary/aromatic N) is 4. The van der Waals surface area contributed by atoms with Crippen LogP contribution in [0, 0.1) is 25.2 Å². The molecule has 0 fully saturated rings. The number of hydrogen-bond donors (Lipinski definition) is 2. The zero-order valence-electron chi connectivity index (χ0n) is 17.6. The highest BCUT2D eigenvalue weighted by molar-refractivity contribution is 7.88. The molecule has 3 aromatic rings. The molecule has 2 N–H and O–H groups in total. The number of aryl methyl sites for hydroxylation is 2. The Hall–Kier alpha value is -3.29. The molecular formula is C21H24N6O3S. The number of hydrogen-bond acceptors (Lipinski definition) is 6. The van der Waals surface area contributed by atoms with Gasteiger partial charge in [-0.05, 0) is 44.0 Å². The summed E-state index contributed by atoms with van der Waals surface area (Å²) < 4.78 is 27.1. The summed E-state index contributed by atoms with van der Waals surface area (Å²) in [7, 11) is -1.93. The maximum atomic E-state index is 12.3. The molecule has 1 aromatic carbocycles. The number of nitrogens with one attached hydrogen (secondary N) is 2. The van der Waals surface area contributed by atoms with Crippen LogP contribution in [0.1, 0.15) is 40.1 Å². The second kappa shape index (κ2) is 9.24. The van der Waals surface area contributed by atoms with E-state index in [1.807, 2.05) is 13.8 Å². The number of benzene rings is 1. The molecule has 1 amide bonds. The molecule has 31 heavy (non-hydrogen) atoms. The molecule has 0 spiro atoms. The molecule has 0 saturated heterocycles. The smallest absolute Gasteiger partial charge is 0.220 e. The summed E-state index contributed by atoms with van der Waals surface area (Å²) in [6, 6.07) is 9.17. The summed E-state index contributed by atoms with van der Waals surface area (Å²) in [6.45, 7) is 4.13. The Bertz CT molecular complexity index is 1260. The van der Waals surface area contributed by atoms with Gasteiger partial charge in [-0.3, -0.25) is 4.79 Å². The van der Waals surface area contributed by atoms with Gasteiger partial charge in [-0.1, -0.05) is 24.3 Å². The minimum Gasteiger partial charge on any atom is -0.352 e. The van der Waals surface area contributed by atoms with Crippen molar-refractivity contribution in [3.05, 3.63) is 64.1 Å². The summed E-state index contributed by atoms with van der Waals surface area (Å²) in [6.07, 6.45) is 2.29. The van der Waals surface area contributed by atoms with Crippen LogP contribution in [0.25, 0.3) is 5.65 Å². The second-order valence-corrected chi connectivity index (χ2v) is 9.15. The third kappa shape index (κ3) is 5.25. The minimum atomic E-state index is -3.31. The van der Waals surface area contributed by atoms with Gasteiger partial charge in [0.05, 0.1) is 11.9 Å². The third-order valence-corrected chi connectivity index (χ3v) is 6.45. The number of aromatic nitrogens is 3. The molecule has 0 unspecified atom stereocenters. The highest BCUT2D eigenvalue weighted by Gasteiger charge is 2.15. The van der Waals surface area contributed by atoms with E-state index in [4.69, 9.17) is 5.26 Å². The Kier molecular flexibility index (Phi) is 6.68. The van der Waals surface area contributed by atoms with Crippen LogP contribution in [0.2, 0.25) is 0 Å². The molecule has 0 saturated carbocycles. The van der Waals surface area contributed by atoms with E-state index in [1.54, 1.807) is 28.8 Å². The van der Waals surface area contributed by atoms with E-state index in [1.165, 1.54) is 13.2 Å². The number of carbonyl (C=O) groups excluding carboxylic acids is 1. The first-order chi connectivity index (χ1) is 14.7. The van der Waals surface area contributed by atoms with Crippen molar-refractivity contribution in [3.63, 3.8) is 0 Å². The summed E-state index contributed by atoms with van der Waals surface area (Å²) in [5, 5.41) is 16.3. The molecular weight excluding hydrogens is 416 g/mol. The van der Waals surface area contributed by atoms with Crippen molar-refractivity contribution in [1.82, 2.24) is 24.6 Å². The lowest BCUT2D eigenvalue weighted by Crippen LogP contribution is -2.23. The molecule has 9 nitrogen and oxygen atoms in total. The quantitative estimate of drug-likeness (QED) is 0.546. The molecule has 0 atom stereocenters. The second-order valence-electron chi connectivity index (χ2n) is 7.22. The molecule has 2 aromatic heterocycles. The SMILES string of the molecule is CNS(=O)(=O)Cc1ccc(CNC(=O)CCc2c(C)nc3c(C#N)cnn3c2C)cc1. The van der Waals surface area contributed by atoms with Gasteiger partial charge < -0.3 is 5.32 Å². The van der Waals surface area contributed by atoms with Crippen LogP contribution in [0.15, 0.2) is 30.5 Å². The Labute approximate surface area is 181 Å². The fraction of sp³-hybridized carbons (Fsp3) is 0.333. The van der Waals surface area contributed by atoms with Gasteiger partial charge in [0.2, 0.25) is 15.9 Å². The van der Waals surface area contributed by atoms with E-state index in [2.05, 4.69) is 26.2 Å². The number of fused-ring (bicyclic) bond motifs is 1.